The molecule has 0 radical (unpaired) electrons. The third-order valence-electron chi connectivity index (χ3n) is 3.29. The average molecular weight is 263 g/mol. The second-order valence-electron chi connectivity index (χ2n) is 4.94. The molecule has 0 fully saturated rings. The maximum absolute atomic E-state index is 11.5. The van der Waals surface area contributed by atoms with Crippen LogP contribution in [0.3, 0.4) is 0 Å². The van der Waals surface area contributed by atoms with Gasteiger partial charge in [-0.1, -0.05) is 37.3 Å². The highest BCUT2D eigenvalue weighted by Crippen LogP contribution is 2.12. The van der Waals surface area contributed by atoms with Gasteiger partial charge in [0.2, 0.25) is 0 Å². The van der Waals surface area contributed by atoms with Gasteiger partial charge in [-0.15, -0.1) is 0 Å². The molecule has 0 aliphatic heterocycles. The van der Waals surface area contributed by atoms with Crippen LogP contribution in [0.25, 0.3) is 0 Å². The maximum atomic E-state index is 11.5. The van der Waals surface area contributed by atoms with E-state index in [-0.39, 0.29) is 11.8 Å². The van der Waals surface area contributed by atoms with Crippen LogP contribution < -0.4 is 0 Å². The normalized spacial score (nSPS) is 14.1. The minimum atomic E-state index is -0.839. The summed E-state index contributed by atoms with van der Waals surface area (Å²) in [5.74, 6) is -1.28. The average Bonchev–Trinajstić information content (AvgIpc) is 2.37. The number of carboxylic acid groups (broad SMARTS) is 1. The van der Waals surface area contributed by atoms with Crippen molar-refractivity contribution in [3.05, 3.63) is 35.9 Å². The van der Waals surface area contributed by atoms with Crippen LogP contribution in [0.4, 0.5) is 0 Å². The largest absolute Gasteiger partial charge is 0.481 e. The van der Waals surface area contributed by atoms with Crippen LogP contribution in [0.5, 0.6) is 0 Å². The third-order valence-corrected chi connectivity index (χ3v) is 3.29. The Morgan fingerprint density at radius 3 is 2.26 bits per heavy atom. The maximum Gasteiger partial charge on any atom is 0.307 e. The first kappa shape index (κ1) is 15.4. The van der Waals surface area contributed by atoms with Crippen molar-refractivity contribution < 1.29 is 14.7 Å². The lowest BCUT2D eigenvalue weighted by Gasteiger charge is -2.29. The zero-order valence-electron chi connectivity index (χ0n) is 11.7. The molecule has 0 saturated heterocycles. The summed E-state index contributed by atoms with van der Waals surface area (Å²) in [5.41, 5.74) is 1.08. The summed E-state index contributed by atoms with van der Waals surface area (Å²) < 4.78 is 0. The summed E-state index contributed by atoms with van der Waals surface area (Å²) in [4.78, 5) is 24.4. The van der Waals surface area contributed by atoms with Crippen molar-refractivity contribution >= 4 is 11.8 Å². The molecular weight excluding hydrogens is 242 g/mol. The van der Waals surface area contributed by atoms with Gasteiger partial charge < -0.3 is 5.11 Å². The smallest absolute Gasteiger partial charge is 0.307 e. The number of carboxylic acids is 1. The fourth-order valence-electron chi connectivity index (χ4n) is 1.86. The van der Waals surface area contributed by atoms with Crippen molar-refractivity contribution in [1.82, 2.24) is 4.90 Å². The van der Waals surface area contributed by atoms with Gasteiger partial charge in [0.1, 0.15) is 5.78 Å². The molecule has 1 aromatic rings. The molecule has 4 heteroatoms. The Morgan fingerprint density at radius 2 is 1.79 bits per heavy atom. The highest BCUT2D eigenvalue weighted by atomic mass is 16.4. The van der Waals surface area contributed by atoms with E-state index in [1.54, 1.807) is 6.92 Å². The number of hydrogen-bond donors (Lipinski definition) is 1. The van der Waals surface area contributed by atoms with Crippen molar-refractivity contribution in [3.8, 4) is 0 Å². The summed E-state index contributed by atoms with van der Waals surface area (Å²) in [7, 11) is 0. The van der Waals surface area contributed by atoms with Gasteiger partial charge in [0.25, 0.3) is 0 Å². The Morgan fingerprint density at radius 1 is 1.21 bits per heavy atom. The molecule has 1 aromatic carbocycles. The van der Waals surface area contributed by atoms with Gasteiger partial charge >= 0.3 is 5.97 Å². The molecule has 0 aliphatic carbocycles. The Balaban J connectivity index is 2.80. The molecule has 1 N–H and O–H groups in total. The zero-order valence-corrected chi connectivity index (χ0v) is 11.7. The van der Waals surface area contributed by atoms with Crippen molar-refractivity contribution in [1.29, 1.82) is 0 Å². The molecule has 0 heterocycles. The van der Waals surface area contributed by atoms with E-state index >= 15 is 0 Å². The summed E-state index contributed by atoms with van der Waals surface area (Å²) >= 11 is 0. The van der Waals surface area contributed by atoms with Crippen LogP contribution in [0.1, 0.15) is 26.3 Å². The second-order valence-corrected chi connectivity index (χ2v) is 4.94. The van der Waals surface area contributed by atoms with Crippen molar-refractivity contribution in [2.75, 3.05) is 6.54 Å². The Labute approximate surface area is 114 Å². The molecule has 0 bridgehead atoms. The highest BCUT2D eigenvalue weighted by Gasteiger charge is 2.23. The van der Waals surface area contributed by atoms with Crippen LogP contribution >= 0.6 is 0 Å². The fourth-order valence-corrected chi connectivity index (χ4v) is 1.86. The summed E-state index contributed by atoms with van der Waals surface area (Å²) in [6.07, 6.45) is 0. The first-order valence-electron chi connectivity index (χ1n) is 6.43. The van der Waals surface area contributed by atoms with Crippen LogP contribution in [0, 0.1) is 5.92 Å². The molecule has 2 atom stereocenters. The number of Topliss-reactive ketones (excluding diaryl/α,β-unsaturated/α-hetero) is 1. The van der Waals surface area contributed by atoms with E-state index in [0.29, 0.717) is 13.1 Å². The molecule has 0 amide bonds. The number of carbonyl (C=O) groups is 2. The first-order valence-corrected chi connectivity index (χ1v) is 6.43. The summed E-state index contributed by atoms with van der Waals surface area (Å²) in [6.45, 7) is 5.96. The van der Waals surface area contributed by atoms with Gasteiger partial charge in [-0.2, -0.15) is 0 Å². The number of carbonyl (C=O) groups excluding carboxylic acids is 1. The quantitative estimate of drug-likeness (QED) is 0.819. The van der Waals surface area contributed by atoms with E-state index < -0.39 is 11.9 Å². The van der Waals surface area contributed by atoms with Gasteiger partial charge in [-0.3, -0.25) is 14.5 Å². The third kappa shape index (κ3) is 4.83. The van der Waals surface area contributed by atoms with Crippen LogP contribution in [-0.2, 0) is 16.1 Å². The minimum absolute atomic E-state index is 0.0496. The number of ketones is 1. The molecule has 104 valence electrons. The predicted molar refractivity (Wildman–Crippen MR) is 73.8 cm³/mol. The van der Waals surface area contributed by atoms with E-state index in [0.717, 1.165) is 5.56 Å². The molecule has 0 aliphatic rings. The standard InChI is InChI=1S/C15H21NO3/c1-11(15(18)19)9-16(12(2)13(3)17)10-14-7-5-4-6-8-14/h4-8,11-12H,9-10H2,1-3H3,(H,18,19). The van der Waals surface area contributed by atoms with Crippen molar-refractivity contribution in [3.63, 3.8) is 0 Å². The van der Waals surface area contributed by atoms with E-state index in [1.165, 1.54) is 6.92 Å². The van der Waals surface area contributed by atoms with Crippen LogP contribution in [-0.4, -0.2) is 34.3 Å². The molecule has 19 heavy (non-hydrogen) atoms. The monoisotopic (exact) mass is 263 g/mol. The van der Waals surface area contributed by atoms with Gasteiger partial charge in [0.05, 0.1) is 12.0 Å². The molecule has 1 rings (SSSR count). The zero-order chi connectivity index (χ0) is 14.4. The minimum Gasteiger partial charge on any atom is -0.481 e. The Bertz CT molecular complexity index is 430. The van der Waals surface area contributed by atoms with Crippen molar-refractivity contribution in [2.45, 2.75) is 33.4 Å². The molecule has 0 spiro atoms. The van der Waals surface area contributed by atoms with Gasteiger partial charge in [0.15, 0.2) is 0 Å². The molecule has 4 nitrogen and oxygen atoms in total. The summed E-state index contributed by atoms with van der Waals surface area (Å²) in [6, 6.07) is 9.49. The molecular formula is C15H21NO3. The summed E-state index contributed by atoms with van der Waals surface area (Å²) in [5, 5.41) is 9.01. The Kier molecular flexibility index (Phi) is 5.70. The van der Waals surface area contributed by atoms with Crippen LogP contribution in [0.15, 0.2) is 30.3 Å². The number of benzene rings is 1. The number of nitrogens with zero attached hydrogens (tertiary/aromatic N) is 1. The predicted octanol–water partition coefficient (Wildman–Crippen LogP) is 2.19. The Hall–Kier alpha value is -1.68. The van der Waals surface area contributed by atoms with E-state index in [4.69, 9.17) is 5.11 Å². The van der Waals surface area contributed by atoms with Crippen molar-refractivity contribution in [2.24, 2.45) is 5.92 Å². The lowest BCUT2D eigenvalue weighted by molar-refractivity contribution is -0.142. The highest BCUT2D eigenvalue weighted by molar-refractivity contribution is 5.81. The van der Waals surface area contributed by atoms with E-state index in [2.05, 4.69) is 0 Å². The molecule has 2 unspecified atom stereocenters. The fraction of sp³-hybridized carbons (Fsp3) is 0.467. The van der Waals surface area contributed by atoms with Gasteiger partial charge in [0, 0.05) is 13.1 Å². The topological polar surface area (TPSA) is 57.6 Å². The molecule has 0 aromatic heterocycles. The lowest BCUT2D eigenvalue weighted by Crippen LogP contribution is -2.41. The van der Waals surface area contributed by atoms with Gasteiger partial charge in [-0.25, -0.2) is 0 Å². The first-order chi connectivity index (χ1) is 8.91. The van der Waals surface area contributed by atoms with E-state index in [9.17, 15) is 9.59 Å². The number of aliphatic carboxylic acids is 1. The molecule has 0 saturated carbocycles. The number of hydrogen-bond acceptors (Lipinski definition) is 3. The number of rotatable bonds is 7. The lowest BCUT2D eigenvalue weighted by atomic mass is 10.1. The van der Waals surface area contributed by atoms with Crippen LogP contribution in [0.2, 0.25) is 0 Å². The second kappa shape index (κ2) is 7.04. The van der Waals surface area contributed by atoms with Gasteiger partial charge in [-0.05, 0) is 19.4 Å². The van der Waals surface area contributed by atoms with E-state index in [1.807, 2.05) is 42.2 Å². The SMILES string of the molecule is CC(=O)C(C)N(Cc1ccccc1)CC(C)C(=O)O.